The molecule has 0 radical (unpaired) electrons. The molecule has 2 nitrogen and oxygen atoms in total. The van der Waals surface area contributed by atoms with Crippen LogP contribution in [0, 0.1) is 5.92 Å². The summed E-state index contributed by atoms with van der Waals surface area (Å²) in [6.45, 7) is 4.21. The first-order valence-corrected chi connectivity index (χ1v) is 4.57. The molecule has 0 aromatic rings. The summed E-state index contributed by atoms with van der Waals surface area (Å²) < 4.78 is 13.2. The summed E-state index contributed by atoms with van der Waals surface area (Å²) in [5.41, 5.74) is 0. The van der Waals surface area contributed by atoms with Crippen LogP contribution in [0.2, 0.25) is 0 Å². The van der Waals surface area contributed by atoms with E-state index in [9.17, 15) is 9.18 Å². The molecule has 1 fully saturated rings. The van der Waals surface area contributed by atoms with Gasteiger partial charge in [-0.3, -0.25) is 4.79 Å². The second-order valence-electron chi connectivity index (χ2n) is 3.62. The molecular weight excluding hydrogens is 157 g/mol. The third-order valence-electron chi connectivity index (χ3n) is 2.21. The van der Waals surface area contributed by atoms with E-state index in [4.69, 9.17) is 0 Å². The maximum absolute atomic E-state index is 13.2. The molecule has 1 rings (SSSR count). The van der Waals surface area contributed by atoms with Crippen molar-refractivity contribution in [1.82, 2.24) is 4.90 Å². The number of rotatable bonds is 1. The Morgan fingerprint density at radius 3 is 2.67 bits per heavy atom. The minimum absolute atomic E-state index is 0.0535. The summed E-state index contributed by atoms with van der Waals surface area (Å²) in [6.07, 6.45) is 1.33. The van der Waals surface area contributed by atoms with E-state index < -0.39 is 6.30 Å². The molecule has 0 saturated carbocycles. The monoisotopic (exact) mass is 173 g/mol. The van der Waals surface area contributed by atoms with Gasteiger partial charge in [0.15, 0.2) is 6.30 Å². The normalized spacial score (nSPS) is 24.7. The number of halogens is 1. The molecule has 1 unspecified atom stereocenters. The van der Waals surface area contributed by atoms with Crippen LogP contribution < -0.4 is 0 Å². The van der Waals surface area contributed by atoms with Crippen molar-refractivity contribution in [2.75, 3.05) is 6.54 Å². The highest BCUT2D eigenvalue weighted by molar-refractivity contribution is 5.78. The molecule has 1 saturated heterocycles. The Hall–Kier alpha value is -0.600. The molecule has 0 bridgehead atoms. The average Bonchev–Trinajstić information content (AvgIpc) is 2.04. The fraction of sp³-hybridized carbons (Fsp3) is 0.889. The van der Waals surface area contributed by atoms with Crippen LogP contribution in [0.5, 0.6) is 0 Å². The second kappa shape index (κ2) is 3.87. The molecule has 1 heterocycles. The van der Waals surface area contributed by atoms with E-state index in [1.54, 1.807) is 0 Å². The zero-order chi connectivity index (χ0) is 9.14. The van der Waals surface area contributed by atoms with Crippen LogP contribution in [0.25, 0.3) is 0 Å². The van der Waals surface area contributed by atoms with Crippen LogP contribution in [0.4, 0.5) is 4.39 Å². The Morgan fingerprint density at radius 1 is 1.50 bits per heavy atom. The van der Waals surface area contributed by atoms with E-state index >= 15 is 0 Å². The summed E-state index contributed by atoms with van der Waals surface area (Å²) in [5.74, 6) is -0.136. The SMILES string of the molecule is CC(C)C(=O)N1CCCCC1F. The van der Waals surface area contributed by atoms with Crippen molar-refractivity contribution in [1.29, 1.82) is 0 Å². The molecule has 12 heavy (non-hydrogen) atoms. The van der Waals surface area contributed by atoms with Crippen molar-refractivity contribution >= 4 is 5.91 Å². The average molecular weight is 173 g/mol. The van der Waals surface area contributed by atoms with Gasteiger partial charge in [-0.2, -0.15) is 0 Å². The first-order valence-electron chi connectivity index (χ1n) is 4.57. The van der Waals surface area contributed by atoms with Gasteiger partial charge in [-0.25, -0.2) is 4.39 Å². The minimum Gasteiger partial charge on any atom is -0.312 e. The molecule has 1 aliphatic heterocycles. The summed E-state index contributed by atoms with van der Waals surface area (Å²) in [4.78, 5) is 12.8. The highest BCUT2D eigenvalue weighted by atomic mass is 19.1. The van der Waals surface area contributed by atoms with Gasteiger partial charge in [0.05, 0.1) is 0 Å². The maximum atomic E-state index is 13.2. The summed E-state index contributed by atoms with van der Waals surface area (Å²) in [5, 5.41) is 0. The predicted octanol–water partition coefficient (Wildman–Crippen LogP) is 1.95. The first-order chi connectivity index (χ1) is 5.63. The molecule has 0 aromatic carbocycles. The molecule has 0 aromatic heterocycles. The van der Waals surface area contributed by atoms with Crippen LogP contribution in [0.15, 0.2) is 0 Å². The van der Waals surface area contributed by atoms with Gasteiger partial charge in [0.2, 0.25) is 5.91 Å². The molecule has 0 N–H and O–H groups in total. The van der Waals surface area contributed by atoms with E-state index in [1.807, 2.05) is 13.8 Å². The molecule has 1 amide bonds. The van der Waals surface area contributed by atoms with Gasteiger partial charge in [0.25, 0.3) is 0 Å². The lowest BCUT2D eigenvalue weighted by molar-refractivity contribution is -0.142. The van der Waals surface area contributed by atoms with Crippen LogP contribution in [0.3, 0.4) is 0 Å². The third kappa shape index (κ3) is 1.96. The Bertz CT molecular complexity index is 170. The van der Waals surface area contributed by atoms with E-state index in [0.717, 1.165) is 12.8 Å². The Labute approximate surface area is 72.7 Å². The Kier molecular flexibility index (Phi) is 3.06. The summed E-state index contributed by atoms with van der Waals surface area (Å²) >= 11 is 0. The molecule has 70 valence electrons. The second-order valence-corrected chi connectivity index (χ2v) is 3.62. The van der Waals surface area contributed by atoms with Crippen LogP contribution in [-0.4, -0.2) is 23.6 Å². The fourth-order valence-corrected chi connectivity index (χ4v) is 1.47. The van der Waals surface area contributed by atoms with Gasteiger partial charge in [0.1, 0.15) is 0 Å². The number of carbonyl (C=O) groups is 1. The van der Waals surface area contributed by atoms with E-state index in [-0.39, 0.29) is 11.8 Å². The highest BCUT2D eigenvalue weighted by Gasteiger charge is 2.27. The van der Waals surface area contributed by atoms with Gasteiger partial charge in [-0.1, -0.05) is 13.8 Å². The van der Waals surface area contributed by atoms with Gasteiger partial charge in [-0.15, -0.1) is 0 Å². The van der Waals surface area contributed by atoms with Crippen molar-refractivity contribution in [2.45, 2.75) is 39.4 Å². The van der Waals surface area contributed by atoms with Crippen molar-refractivity contribution < 1.29 is 9.18 Å². The van der Waals surface area contributed by atoms with Crippen LogP contribution in [-0.2, 0) is 4.79 Å². The van der Waals surface area contributed by atoms with Crippen molar-refractivity contribution in [3.8, 4) is 0 Å². The van der Waals surface area contributed by atoms with Gasteiger partial charge in [0, 0.05) is 12.5 Å². The Morgan fingerprint density at radius 2 is 2.17 bits per heavy atom. The molecule has 1 atom stereocenters. The lowest BCUT2D eigenvalue weighted by Gasteiger charge is -2.31. The molecule has 0 aliphatic carbocycles. The largest absolute Gasteiger partial charge is 0.312 e. The number of amides is 1. The molecular formula is C9H16FNO. The van der Waals surface area contributed by atoms with Gasteiger partial charge >= 0.3 is 0 Å². The van der Waals surface area contributed by atoms with Crippen LogP contribution >= 0.6 is 0 Å². The lowest BCUT2D eigenvalue weighted by Crippen LogP contribution is -2.43. The van der Waals surface area contributed by atoms with E-state index in [0.29, 0.717) is 13.0 Å². The first kappa shape index (κ1) is 9.49. The highest BCUT2D eigenvalue weighted by Crippen LogP contribution is 2.19. The number of carbonyl (C=O) groups excluding carboxylic acids is 1. The van der Waals surface area contributed by atoms with Gasteiger partial charge < -0.3 is 4.90 Å². The zero-order valence-corrected chi connectivity index (χ0v) is 7.72. The number of likely N-dealkylation sites (tertiary alicyclic amines) is 1. The van der Waals surface area contributed by atoms with Crippen molar-refractivity contribution in [3.05, 3.63) is 0 Å². The number of hydrogen-bond acceptors (Lipinski definition) is 1. The molecule has 3 heteroatoms. The van der Waals surface area contributed by atoms with E-state index in [2.05, 4.69) is 0 Å². The molecule has 0 spiro atoms. The number of piperidine rings is 1. The third-order valence-corrected chi connectivity index (χ3v) is 2.21. The predicted molar refractivity (Wildman–Crippen MR) is 45.3 cm³/mol. The maximum Gasteiger partial charge on any atom is 0.227 e. The van der Waals surface area contributed by atoms with Crippen LogP contribution in [0.1, 0.15) is 33.1 Å². The van der Waals surface area contributed by atoms with Crippen molar-refractivity contribution in [3.63, 3.8) is 0 Å². The number of alkyl halides is 1. The number of hydrogen-bond donors (Lipinski definition) is 0. The fourth-order valence-electron chi connectivity index (χ4n) is 1.47. The topological polar surface area (TPSA) is 20.3 Å². The lowest BCUT2D eigenvalue weighted by atomic mass is 10.1. The Balaban J connectivity index is 2.53. The number of nitrogens with zero attached hydrogens (tertiary/aromatic N) is 1. The zero-order valence-electron chi connectivity index (χ0n) is 7.72. The summed E-state index contributed by atoms with van der Waals surface area (Å²) in [6, 6.07) is 0. The minimum atomic E-state index is -1.03. The molecule has 1 aliphatic rings. The van der Waals surface area contributed by atoms with E-state index in [1.165, 1.54) is 4.90 Å². The van der Waals surface area contributed by atoms with Gasteiger partial charge in [-0.05, 0) is 19.3 Å². The smallest absolute Gasteiger partial charge is 0.227 e. The standard InChI is InChI=1S/C9H16FNO/c1-7(2)9(12)11-6-4-3-5-8(11)10/h7-8H,3-6H2,1-2H3. The van der Waals surface area contributed by atoms with Crippen molar-refractivity contribution in [2.24, 2.45) is 5.92 Å². The quantitative estimate of drug-likeness (QED) is 0.555. The summed E-state index contributed by atoms with van der Waals surface area (Å²) in [7, 11) is 0.